The van der Waals surface area contributed by atoms with Crippen molar-refractivity contribution in [3.8, 4) is 5.75 Å². The highest BCUT2D eigenvalue weighted by Gasteiger charge is 2.55. The standard InChI is InChI=1S/C20H28N2O3/c1-19(2,3)14-8-10-16(11-9-14)25-13-5-12-22-17(23)20(4,15-6-7-15)21-18(22)24/h8-11,15H,5-7,12-13H2,1-4H3,(H,21,24). The molecule has 2 fully saturated rings. The maximum absolute atomic E-state index is 12.5. The fourth-order valence-electron chi connectivity index (χ4n) is 3.32. The van der Waals surface area contributed by atoms with Crippen molar-refractivity contribution in [2.75, 3.05) is 13.2 Å². The van der Waals surface area contributed by atoms with Gasteiger partial charge in [0.05, 0.1) is 6.61 Å². The SMILES string of the molecule is CC(C)(C)c1ccc(OCCCN2C(=O)NC(C)(C3CC3)C2=O)cc1. The molecule has 1 heterocycles. The predicted octanol–water partition coefficient (Wildman–Crippen LogP) is 3.47. The molecule has 1 atom stereocenters. The molecule has 0 radical (unpaired) electrons. The van der Waals surface area contributed by atoms with Crippen molar-refractivity contribution in [2.45, 2.75) is 57.9 Å². The van der Waals surface area contributed by atoms with E-state index in [1.807, 2.05) is 19.1 Å². The summed E-state index contributed by atoms with van der Waals surface area (Å²) in [7, 11) is 0. The Balaban J connectivity index is 1.47. The lowest BCUT2D eigenvalue weighted by Gasteiger charge is -2.21. The van der Waals surface area contributed by atoms with Crippen LogP contribution < -0.4 is 10.1 Å². The van der Waals surface area contributed by atoms with Gasteiger partial charge in [-0.2, -0.15) is 0 Å². The summed E-state index contributed by atoms with van der Waals surface area (Å²) in [6, 6.07) is 7.83. The van der Waals surface area contributed by atoms with Crippen LogP contribution in [0.4, 0.5) is 4.79 Å². The summed E-state index contributed by atoms with van der Waals surface area (Å²) >= 11 is 0. The van der Waals surface area contributed by atoms with Gasteiger partial charge in [0, 0.05) is 6.54 Å². The Morgan fingerprint density at radius 1 is 1.20 bits per heavy atom. The number of nitrogens with zero attached hydrogens (tertiary/aromatic N) is 1. The Morgan fingerprint density at radius 3 is 2.40 bits per heavy atom. The van der Waals surface area contributed by atoms with Crippen molar-refractivity contribution >= 4 is 11.9 Å². The number of urea groups is 1. The van der Waals surface area contributed by atoms with Gasteiger partial charge in [-0.15, -0.1) is 0 Å². The second-order valence-electron chi connectivity index (χ2n) is 8.34. The molecule has 1 unspecified atom stereocenters. The zero-order chi connectivity index (χ0) is 18.2. The zero-order valence-electron chi connectivity index (χ0n) is 15.6. The third-order valence-corrected chi connectivity index (χ3v) is 5.21. The fraction of sp³-hybridized carbons (Fsp3) is 0.600. The average Bonchev–Trinajstić information content (AvgIpc) is 3.36. The molecule has 136 valence electrons. The lowest BCUT2D eigenvalue weighted by atomic mass is 9.87. The van der Waals surface area contributed by atoms with E-state index in [2.05, 4.69) is 38.2 Å². The monoisotopic (exact) mass is 344 g/mol. The van der Waals surface area contributed by atoms with Crippen molar-refractivity contribution in [2.24, 2.45) is 5.92 Å². The van der Waals surface area contributed by atoms with E-state index < -0.39 is 5.54 Å². The molecule has 1 aromatic carbocycles. The summed E-state index contributed by atoms with van der Waals surface area (Å²) in [5, 5.41) is 2.87. The molecule has 1 aliphatic carbocycles. The van der Waals surface area contributed by atoms with Crippen molar-refractivity contribution in [1.82, 2.24) is 10.2 Å². The third-order valence-electron chi connectivity index (χ3n) is 5.21. The lowest BCUT2D eigenvalue weighted by Crippen LogP contribution is -2.46. The first-order chi connectivity index (χ1) is 11.7. The number of imide groups is 1. The van der Waals surface area contributed by atoms with Gasteiger partial charge in [-0.05, 0) is 55.2 Å². The molecule has 1 saturated carbocycles. The largest absolute Gasteiger partial charge is 0.494 e. The van der Waals surface area contributed by atoms with Gasteiger partial charge in [-0.25, -0.2) is 4.79 Å². The van der Waals surface area contributed by atoms with Crippen molar-refractivity contribution < 1.29 is 14.3 Å². The number of hydrogen-bond donors (Lipinski definition) is 1. The quantitative estimate of drug-likeness (QED) is 0.635. The van der Waals surface area contributed by atoms with Crippen LogP contribution in [0.25, 0.3) is 0 Å². The average molecular weight is 344 g/mol. The summed E-state index contributed by atoms with van der Waals surface area (Å²) < 4.78 is 5.75. The predicted molar refractivity (Wildman–Crippen MR) is 96.6 cm³/mol. The second kappa shape index (κ2) is 6.36. The number of ether oxygens (including phenoxy) is 1. The van der Waals surface area contributed by atoms with E-state index in [0.717, 1.165) is 18.6 Å². The first-order valence-corrected chi connectivity index (χ1v) is 9.09. The maximum Gasteiger partial charge on any atom is 0.325 e. The topological polar surface area (TPSA) is 58.6 Å². The minimum absolute atomic E-state index is 0.0884. The number of benzene rings is 1. The molecule has 2 aliphatic rings. The van der Waals surface area contributed by atoms with Crippen LogP contribution >= 0.6 is 0 Å². The molecule has 25 heavy (non-hydrogen) atoms. The summed E-state index contributed by atoms with van der Waals surface area (Å²) in [6.45, 7) is 9.25. The van der Waals surface area contributed by atoms with Crippen LogP contribution in [-0.2, 0) is 10.2 Å². The minimum Gasteiger partial charge on any atom is -0.494 e. The summed E-state index contributed by atoms with van der Waals surface area (Å²) in [5.41, 5.74) is 0.690. The Labute approximate surface area is 149 Å². The molecule has 5 nitrogen and oxygen atoms in total. The van der Waals surface area contributed by atoms with E-state index in [1.54, 1.807) is 0 Å². The normalized spacial score (nSPS) is 23.8. The maximum atomic E-state index is 12.5. The highest BCUT2D eigenvalue weighted by atomic mass is 16.5. The molecule has 1 aliphatic heterocycles. The van der Waals surface area contributed by atoms with Crippen LogP contribution in [0.15, 0.2) is 24.3 Å². The van der Waals surface area contributed by atoms with Gasteiger partial charge < -0.3 is 10.1 Å². The van der Waals surface area contributed by atoms with E-state index in [9.17, 15) is 9.59 Å². The molecular formula is C20H28N2O3. The van der Waals surface area contributed by atoms with Crippen molar-refractivity contribution in [1.29, 1.82) is 0 Å². The molecule has 1 aromatic rings. The van der Waals surface area contributed by atoms with Gasteiger partial charge >= 0.3 is 6.03 Å². The van der Waals surface area contributed by atoms with Crippen LogP contribution in [-0.4, -0.2) is 35.5 Å². The number of carbonyl (C=O) groups excluding carboxylic acids is 2. The van der Waals surface area contributed by atoms with Gasteiger partial charge in [0.15, 0.2) is 0 Å². The van der Waals surface area contributed by atoms with E-state index in [4.69, 9.17) is 4.74 Å². The molecule has 3 amide bonds. The van der Waals surface area contributed by atoms with Crippen LogP contribution in [0.1, 0.15) is 52.5 Å². The number of amides is 3. The molecule has 5 heteroatoms. The number of nitrogens with one attached hydrogen (secondary N) is 1. The first kappa shape index (κ1) is 17.8. The van der Waals surface area contributed by atoms with Gasteiger partial charge in [-0.1, -0.05) is 32.9 Å². The molecular weight excluding hydrogens is 316 g/mol. The lowest BCUT2D eigenvalue weighted by molar-refractivity contribution is -0.131. The van der Waals surface area contributed by atoms with E-state index in [-0.39, 0.29) is 17.4 Å². The summed E-state index contributed by atoms with van der Waals surface area (Å²) in [6.07, 6.45) is 2.66. The Morgan fingerprint density at radius 2 is 1.84 bits per heavy atom. The number of rotatable bonds is 6. The van der Waals surface area contributed by atoms with E-state index >= 15 is 0 Å². The van der Waals surface area contributed by atoms with Gasteiger partial charge in [0.2, 0.25) is 0 Å². The molecule has 0 spiro atoms. The van der Waals surface area contributed by atoms with Crippen LogP contribution in [0, 0.1) is 5.92 Å². The van der Waals surface area contributed by atoms with Crippen LogP contribution in [0.2, 0.25) is 0 Å². The Bertz CT molecular complexity index is 659. The van der Waals surface area contributed by atoms with Gasteiger partial charge in [-0.3, -0.25) is 9.69 Å². The van der Waals surface area contributed by atoms with E-state index in [1.165, 1.54) is 10.5 Å². The second-order valence-corrected chi connectivity index (χ2v) is 8.34. The summed E-state index contributed by atoms with van der Waals surface area (Å²) in [5.74, 6) is 1.02. The highest BCUT2D eigenvalue weighted by Crippen LogP contribution is 2.42. The Kier molecular flexibility index (Phi) is 4.52. The van der Waals surface area contributed by atoms with E-state index in [0.29, 0.717) is 25.5 Å². The number of carbonyl (C=O) groups is 2. The Hall–Kier alpha value is -2.04. The molecule has 3 rings (SSSR count). The molecule has 1 saturated heterocycles. The van der Waals surface area contributed by atoms with Crippen molar-refractivity contribution in [3.05, 3.63) is 29.8 Å². The van der Waals surface area contributed by atoms with Crippen LogP contribution in [0.5, 0.6) is 5.75 Å². The zero-order valence-corrected chi connectivity index (χ0v) is 15.6. The smallest absolute Gasteiger partial charge is 0.325 e. The molecule has 0 bridgehead atoms. The van der Waals surface area contributed by atoms with Crippen LogP contribution in [0.3, 0.4) is 0 Å². The molecule has 1 N–H and O–H groups in total. The highest BCUT2D eigenvalue weighted by molar-refractivity contribution is 6.07. The summed E-state index contributed by atoms with van der Waals surface area (Å²) in [4.78, 5) is 25.9. The van der Waals surface area contributed by atoms with Gasteiger partial charge in [0.1, 0.15) is 11.3 Å². The number of hydrogen-bond acceptors (Lipinski definition) is 3. The first-order valence-electron chi connectivity index (χ1n) is 9.09. The minimum atomic E-state index is -0.694. The fourth-order valence-corrected chi connectivity index (χ4v) is 3.32. The van der Waals surface area contributed by atoms with Crippen molar-refractivity contribution in [3.63, 3.8) is 0 Å². The van der Waals surface area contributed by atoms with Gasteiger partial charge in [0.25, 0.3) is 5.91 Å². The molecule has 0 aromatic heterocycles. The third kappa shape index (κ3) is 3.65.